The third-order valence-electron chi connectivity index (χ3n) is 0.571. The van der Waals surface area contributed by atoms with Gasteiger partial charge in [0.15, 0.2) is 0 Å². The Balaban J connectivity index is 4.22. The highest BCUT2D eigenvalue weighted by molar-refractivity contribution is 4.06. The maximum absolute atomic E-state index is 9.95. The molecule has 0 aliphatic rings. The molecule has 9 heteroatoms. The molecule has 3 N–H and O–H groups in total. The van der Waals surface area contributed by atoms with Gasteiger partial charge in [-0.3, -0.25) is 5.11 Å². The van der Waals surface area contributed by atoms with E-state index < -0.39 is 16.1 Å². The number of hydrogen-bond acceptors (Lipinski definition) is 5. The Labute approximate surface area is 53.8 Å². The van der Waals surface area contributed by atoms with Crippen LogP contribution < -0.4 is 0 Å². The van der Waals surface area contributed by atoms with Crippen molar-refractivity contribution in [2.75, 3.05) is 0 Å². The monoisotopic (exact) mass is 152 g/mol. The molecule has 0 rings (SSSR count). The highest BCUT2D eigenvalue weighted by Crippen LogP contribution is 1.87. The van der Waals surface area contributed by atoms with E-state index in [1.165, 1.54) is 0 Å². The van der Waals surface area contributed by atoms with E-state index in [0.29, 0.717) is 0 Å². The quantitative estimate of drug-likeness (QED) is 0.201. The van der Waals surface area contributed by atoms with E-state index in [-0.39, 0.29) is 0 Å². The largest absolute Gasteiger partial charge is 0.590 e. The van der Waals surface area contributed by atoms with Crippen molar-refractivity contribution in [3.8, 4) is 0 Å². The summed E-state index contributed by atoms with van der Waals surface area (Å²) in [7, 11) is 0. The third kappa shape index (κ3) is 1.70. The van der Waals surface area contributed by atoms with Crippen molar-refractivity contribution in [2.24, 2.45) is 10.6 Å². The molecular formula is CH4N4O5. The van der Waals surface area contributed by atoms with Crippen LogP contribution >= 0.6 is 0 Å². The first-order chi connectivity index (χ1) is 4.63. The van der Waals surface area contributed by atoms with Gasteiger partial charge in [0, 0.05) is 9.72 Å². The van der Waals surface area contributed by atoms with Gasteiger partial charge in [-0.15, -0.1) is 0 Å². The van der Waals surface area contributed by atoms with Crippen molar-refractivity contribution in [3.63, 3.8) is 0 Å². The summed E-state index contributed by atoms with van der Waals surface area (Å²) in [4.78, 5) is -1.51. The van der Waals surface area contributed by atoms with Gasteiger partial charge in [-0.1, -0.05) is 0 Å². The Bertz CT molecular complexity index is 145. The van der Waals surface area contributed by atoms with Crippen LogP contribution in [0.3, 0.4) is 0 Å². The molecule has 0 aromatic heterocycles. The van der Waals surface area contributed by atoms with Crippen molar-refractivity contribution in [2.45, 2.75) is 6.35 Å². The lowest BCUT2D eigenvalue weighted by molar-refractivity contribution is -0.838. The molecule has 0 aliphatic heterocycles. The third-order valence-corrected chi connectivity index (χ3v) is 0.571. The summed E-state index contributed by atoms with van der Waals surface area (Å²) >= 11 is 0. The molecule has 0 heterocycles. The molecule has 0 aromatic carbocycles. The summed E-state index contributed by atoms with van der Waals surface area (Å²) in [6.07, 6.45) is -2.38. The van der Waals surface area contributed by atoms with Crippen LogP contribution in [0.5, 0.6) is 0 Å². The van der Waals surface area contributed by atoms with Gasteiger partial charge in [0.1, 0.15) is 0 Å². The smallest absolute Gasteiger partial charge is 0.535 e. The van der Waals surface area contributed by atoms with Gasteiger partial charge < -0.3 is 20.8 Å². The molecule has 0 fully saturated rings. The maximum atomic E-state index is 9.95. The second-order valence-corrected chi connectivity index (χ2v) is 1.13. The second-order valence-electron chi connectivity index (χ2n) is 1.13. The minimum Gasteiger partial charge on any atom is -0.590 e. The van der Waals surface area contributed by atoms with E-state index in [4.69, 9.17) is 15.5 Å². The molecule has 0 saturated carbocycles. The minimum absolute atomic E-state index is 0.757. The number of aliphatic hydroxyl groups excluding tert-OH is 1. The van der Waals surface area contributed by atoms with E-state index in [2.05, 4.69) is 0 Å². The lowest BCUT2D eigenvalue weighted by atomic mass is 11.0. The summed E-state index contributed by atoms with van der Waals surface area (Å²) in [6, 6.07) is 0. The molecule has 0 aromatic rings. The maximum Gasteiger partial charge on any atom is 0.535 e. The van der Waals surface area contributed by atoms with Crippen molar-refractivity contribution < 1.29 is 25.2 Å². The Morgan fingerprint density at radius 1 is 1.10 bits per heavy atom. The van der Waals surface area contributed by atoms with Crippen LogP contribution in [0.1, 0.15) is 0 Å². The summed E-state index contributed by atoms with van der Waals surface area (Å²) in [6.45, 7) is 0. The van der Waals surface area contributed by atoms with E-state index in [1.807, 2.05) is 10.6 Å². The van der Waals surface area contributed by atoms with Crippen LogP contribution in [0.15, 0.2) is 10.6 Å². The van der Waals surface area contributed by atoms with Crippen LogP contribution in [0.2, 0.25) is 0 Å². The van der Waals surface area contributed by atoms with Gasteiger partial charge in [-0.25, -0.2) is 0 Å². The molecule has 0 bridgehead atoms. The number of nitrogens with zero attached hydrogens (tertiary/aromatic N) is 4. The van der Waals surface area contributed by atoms with E-state index in [9.17, 15) is 10.4 Å². The molecule has 0 saturated heterocycles. The second kappa shape index (κ2) is 3.40. The van der Waals surface area contributed by atoms with Crippen molar-refractivity contribution in [1.82, 2.24) is 0 Å². The topological polar surface area (TPSA) is 138 Å². The van der Waals surface area contributed by atoms with Crippen molar-refractivity contribution in [1.29, 1.82) is 0 Å². The molecule has 0 unspecified atom stereocenters. The van der Waals surface area contributed by atoms with E-state index in [0.717, 1.165) is 0 Å². The molecule has 58 valence electrons. The average molecular weight is 152 g/mol. The van der Waals surface area contributed by atoms with Crippen LogP contribution in [0.4, 0.5) is 0 Å². The number of rotatable bonds is 2. The summed E-state index contributed by atoms with van der Waals surface area (Å²) in [5.74, 6) is 0. The SMILES string of the molecule is [O-]/[N+](=N\O)C(O)/[N+]([O-])=N/O. The Morgan fingerprint density at radius 2 is 1.40 bits per heavy atom. The first kappa shape index (κ1) is 8.36. The minimum atomic E-state index is -2.38. The van der Waals surface area contributed by atoms with Crippen LogP contribution in [0.25, 0.3) is 0 Å². The lowest BCUT2D eigenvalue weighted by Crippen LogP contribution is -2.29. The average Bonchev–Trinajstić information content (AvgIpc) is 2.00. The molecule has 0 amide bonds. The van der Waals surface area contributed by atoms with E-state index in [1.54, 1.807) is 0 Å². The van der Waals surface area contributed by atoms with Gasteiger partial charge in [-0.2, -0.15) is 0 Å². The van der Waals surface area contributed by atoms with Gasteiger partial charge in [0.2, 0.25) is 10.6 Å². The summed E-state index contributed by atoms with van der Waals surface area (Å²) in [5, 5.41) is 47.2. The van der Waals surface area contributed by atoms with Crippen LogP contribution in [-0.4, -0.2) is 31.6 Å². The first-order valence-electron chi connectivity index (χ1n) is 1.94. The van der Waals surface area contributed by atoms with E-state index >= 15 is 0 Å². The molecule has 9 nitrogen and oxygen atoms in total. The first-order valence-corrected chi connectivity index (χ1v) is 1.94. The molecule has 0 spiro atoms. The normalized spacial score (nSPS) is 16.9. The van der Waals surface area contributed by atoms with Gasteiger partial charge in [0.25, 0.3) is 0 Å². The fourth-order valence-electron chi connectivity index (χ4n) is 0.177. The number of hydrogen-bond donors (Lipinski definition) is 3. The molecule has 0 atom stereocenters. The Kier molecular flexibility index (Phi) is 2.84. The van der Waals surface area contributed by atoms with Crippen molar-refractivity contribution >= 4 is 0 Å². The fraction of sp³-hybridized carbons (Fsp3) is 1.00. The van der Waals surface area contributed by atoms with Crippen molar-refractivity contribution in [3.05, 3.63) is 10.4 Å². The zero-order valence-electron chi connectivity index (χ0n) is 4.52. The van der Waals surface area contributed by atoms with Crippen LogP contribution in [-0.2, 0) is 0 Å². The zero-order valence-corrected chi connectivity index (χ0v) is 4.52. The standard InChI is InChI=1S/CH4N4O5/c6-1(4(9)2-7)5(10)3-8/h1,6-8H/b4-2-,5-3-. The molecule has 0 aliphatic carbocycles. The van der Waals surface area contributed by atoms with Crippen LogP contribution in [0, 0.1) is 10.4 Å². The summed E-state index contributed by atoms with van der Waals surface area (Å²) in [5.41, 5.74) is 0. The molecule has 10 heavy (non-hydrogen) atoms. The van der Waals surface area contributed by atoms with Gasteiger partial charge >= 0.3 is 6.35 Å². The van der Waals surface area contributed by atoms with Gasteiger partial charge in [-0.05, 0) is 0 Å². The summed E-state index contributed by atoms with van der Waals surface area (Å²) < 4.78 is 0. The number of aliphatic hydroxyl groups is 1. The number of hydroxylamine groups is 2. The molecule has 0 radical (unpaired) electrons. The molecular weight excluding hydrogens is 148 g/mol. The predicted molar refractivity (Wildman–Crippen MR) is 21.7 cm³/mol. The Hall–Kier alpha value is -1.64. The zero-order chi connectivity index (χ0) is 8.15. The van der Waals surface area contributed by atoms with Gasteiger partial charge in [0.05, 0.1) is 0 Å². The predicted octanol–water partition coefficient (Wildman–Crippen LogP) is -1.03. The Morgan fingerprint density at radius 3 is 1.60 bits per heavy atom. The fourth-order valence-corrected chi connectivity index (χ4v) is 0.177. The lowest BCUT2D eigenvalue weighted by Gasteiger charge is -2.00. The highest BCUT2D eigenvalue weighted by Gasteiger charge is 2.24. The highest BCUT2D eigenvalue weighted by atomic mass is 16.7.